The SMILES string of the molecule is COc1ccc2c(C)c(CC(=O)NCC(=O)c3ccccc3)c(=O)oc2c1OC. The molecule has 0 radical (unpaired) electrons. The molecular formula is C22H21NO6. The van der Waals surface area contributed by atoms with Gasteiger partial charge in [-0.1, -0.05) is 30.3 Å². The van der Waals surface area contributed by atoms with Crippen LogP contribution in [0.4, 0.5) is 0 Å². The van der Waals surface area contributed by atoms with E-state index in [1.807, 2.05) is 6.07 Å². The number of rotatable bonds is 7. The normalized spacial score (nSPS) is 10.6. The second-order valence-corrected chi connectivity index (χ2v) is 6.41. The number of ketones is 1. The molecule has 0 saturated heterocycles. The third kappa shape index (κ3) is 4.13. The number of carbonyl (C=O) groups excluding carboxylic acids is 2. The number of fused-ring (bicyclic) bond motifs is 1. The van der Waals surface area contributed by atoms with E-state index in [-0.39, 0.29) is 29.9 Å². The number of carbonyl (C=O) groups is 2. The third-order valence-electron chi connectivity index (χ3n) is 4.68. The average Bonchev–Trinajstić information content (AvgIpc) is 2.74. The highest BCUT2D eigenvalue weighted by atomic mass is 16.5. The van der Waals surface area contributed by atoms with Crippen LogP contribution in [-0.4, -0.2) is 32.5 Å². The number of amides is 1. The number of Topliss-reactive ketones (excluding diaryl/α,β-unsaturated/α-hetero) is 1. The molecule has 3 rings (SSSR count). The predicted octanol–water partition coefficient (Wildman–Crippen LogP) is 2.66. The van der Waals surface area contributed by atoms with Crippen molar-refractivity contribution in [1.82, 2.24) is 5.32 Å². The van der Waals surface area contributed by atoms with E-state index in [0.29, 0.717) is 28.0 Å². The zero-order valence-electron chi connectivity index (χ0n) is 16.4. The van der Waals surface area contributed by atoms with Crippen molar-refractivity contribution in [3.8, 4) is 11.5 Å². The number of nitrogens with one attached hydrogen (secondary N) is 1. The van der Waals surface area contributed by atoms with E-state index in [9.17, 15) is 14.4 Å². The molecule has 0 aliphatic rings. The molecule has 7 nitrogen and oxygen atoms in total. The van der Waals surface area contributed by atoms with Gasteiger partial charge < -0.3 is 19.2 Å². The molecule has 1 heterocycles. The fraction of sp³-hybridized carbons (Fsp3) is 0.227. The molecule has 1 aromatic heterocycles. The molecule has 7 heteroatoms. The molecule has 0 bridgehead atoms. The number of aryl methyl sites for hydroxylation is 1. The Morgan fingerprint density at radius 3 is 2.41 bits per heavy atom. The van der Waals surface area contributed by atoms with Crippen LogP contribution >= 0.6 is 0 Å². The van der Waals surface area contributed by atoms with Crippen molar-refractivity contribution in [2.24, 2.45) is 0 Å². The number of hydrogen-bond donors (Lipinski definition) is 1. The van der Waals surface area contributed by atoms with Gasteiger partial charge in [0.15, 0.2) is 17.1 Å². The van der Waals surface area contributed by atoms with Crippen LogP contribution in [0.5, 0.6) is 11.5 Å². The summed E-state index contributed by atoms with van der Waals surface area (Å²) in [5.41, 5.74) is 0.982. The largest absolute Gasteiger partial charge is 0.493 e. The van der Waals surface area contributed by atoms with Gasteiger partial charge in [0.2, 0.25) is 11.7 Å². The Hall–Kier alpha value is -3.61. The van der Waals surface area contributed by atoms with Crippen LogP contribution in [0.3, 0.4) is 0 Å². The van der Waals surface area contributed by atoms with Crippen LogP contribution in [0.25, 0.3) is 11.0 Å². The minimum atomic E-state index is -0.633. The van der Waals surface area contributed by atoms with Crippen molar-refractivity contribution in [1.29, 1.82) is 0 Å². The predicted molar refractivity (Wildman–Crippen MR) is 108 cm³/mol. The van der Waals surface area contributed by atoms with Gasteiger partial charge in [0, 0.05) is 10.9 Å². The summed E-state index contributed by atoms with van der Waals surface area (Å²) in [5, 5.41) is 3.20. The number of methoxy groups -OCH3 is 2. The first-order valence-electron chi connectivity index (χ1n) is 8.98. The lowest BCUT2D eigenvalue weighted by molar-refractivity contribution is -0.120. The Morgan fingerprint density at radius 2 is 1.76 bits per heavy atom. The summed E-state index contributed by atoms with van der Waals surface area (Å²) in [5.74, 6) is 0.102. The van der Waals surface area contributed by atoms with E-state index >= 15 is 0 Å². The van der Waals surface area contributed by atoms with E-state index in [0.717, 1.165) is 0 Å². The standard InChI is InChI=1S/C22H21NO6/c1-13-15-9-10-18(27-2)21(28-3)20(15)29-22(26)16(13)11-19(25)23-12-17(24)14-7-5-4-6-8-14/h4-10H,11-12H2,1-3H3,(H,23,25). The molecule has 2 aromatic carbocycles. The number of ether oxygens (including phenoxy) is 2. The molecule has 0 atom stereocenters. The van der Waals surface area contributed by atoms with Gasteiger partial charge in [-0.15, -0.1) is 0 Å². The number of hydrogen-bond acceptors (Lipinski definition) is 6. The summed E-state index contributed by atoms with van der Waals surface area (Å²) in [6.07, 6.45) is -0.194. The lowest BCUT2D eigenvalue weighted by Gasteiger charge is -2.12. The fourth-order valence-corrected chi connectivity index (χ4v) is 3.10. The fourth-order valence-electron chi connectivity index (χ4n) is 3.10. The van der Waals surface area contributed by atoms with Gasteiger partial charge in [0.25, 0.3) is 0 Å². The van der Waals surface area contributed by atoms with Crippen LogP contribution < -0.4 is 20.4 Å². The molecule has 0 aliphatic heterocycles. The quantitative estimate of drug-likeness (QED) is 0.488. The van der Waals surface area contributed by atoms with E-state index in [1.54, 1.807) is 43.3 Å². The molecule has 0 unspecified atom stereocenters. The van der Waals surface area contributed by atoms with E-state index < -0.39 is 11.5 Å². The smallest absolute Gasteiger partial charge is 0.340 e. The Kier molecular flexibility index (Phi) is 5.97. The van der Waals surface area contributed by atoms with Crippen molar-refractivity contribution in [2.75, 3.05) is 20.8 Å². The summed E-state index contributed by atoms with van der Waals surface area (Å²) in [6, 6.07) is 12.1. The Morgan fingerprint density at radius 1 is 1.03 bits per heavy atom. The molecule has 0 saturated carbocycles. The summed E-state index contributed by atoms with van der Waals surface area (Å²) in [4.78, 5) is 37.0. The molecule has 29 heavy (non-hydrogen) atoms. The molecule has 150 valence electrons. The van der Waals surface area contributed by atoms with Gasteiger partial charge in [0.1, 0.15) is 0 Å². The highest BCUT2D eigenvalue weighted by molar-refractivity contribution is 5.99. The second kappa shape index (κ2) is 8.60. The highest BCUT2D eigenvalue weighted by Gasteiger charge is 2.19. The van der Waals surface area contributed by atoms with Crippen LogP contribution in [-0.2, 0) is 11.2 Å². The van der Waals surface area contributed by atoms with Crippen molar-refractivity contribution in [3.05, 3.63) is 69.6 Å². The van der Waals surface area contributed by atoms with Gasteiger partial charge in [0.05, 0.1) is 32.7 Å². The zero-order chi connectivity index (χ0) is 21.0. The minimum absolute atomic E-state index is 0.147. The van der Waals surface area contributed by atoms with Gasteiger partial charge in [-0.25, -0.2) is 4.79 Å². The van der Waals surface area contributed by atoms with Gasteiger partial charge in [-0.3, -0.25) is 9.59 Å². The maximum Gasteiger partial charge on any atom is 0.340 e. The maximum atomic E-state index is 12.5. The topological polar surface area (TPSA) is 94.8 Å². The van der Waals surface area contributed by atoms with Crippen molar-refractivity contribution < 1.29 is 23.5 Å². The first-order valence-corrected chi connectivity index (χ1v) is 8.98. The molecule has 3 aromatic rings. The maximum absolute atomic E-state index is 12.5. The van der Waals surface area contributed by atoms with Crippen LogP contribution in [0, 0.1) is 6.92 Å². The Balaban J connectivity index is 1.82. The van der Waals surface area contributed by atoms with E-state index in [1.165, 1.54) is 14.2 Å². The van der Waals surface area contributed by atoms with Crippen LogP contribution in [0.2, 0.25) is 0 Å². The summed E-state index contributed by atoms with van der Waals surface area (Å²) >= 11 is 0. The van der Waals surface area contributed by atoms with Gasteiger partial charge in [-0.05, 0) is 24.6 Å². The van der Waals surface area contributed by atoms with E-state index in [4.69, 9.17) is 13.9 Å². The molecule has 0 fully saturated rings. The van der Waals surface area contributed by atoms with E-state index in [2.05, 4.69) is 5.32 Å². The molecular weight excluding hydrogens is 374 g/mol. The monoisotopic (exact) mass is 395 g/mol. The molecule has 1 N–H and O–H groups in total. The first-order chi connectivity index (χ1) is 14.0. The highest BCUT2D eigenvalue weighted by Crippen LogP contribution is 2.36. The van der Waals surface area contributed by atoms with Crippen molar-refractivity contribution in [2.45, 2.75) is 13.3 Å². The third-order valence-corrected chi connectivity index (χ3v) is 4.68. The minimum Gasteiger partial charge on any atom is -0.493 e. The lowest BCUT2D eigenvalue weighted by atomic mass is 10.0. The Labute approximate surface area is 167 Å². The van der Waals surface area contributed by atoms with Crippen molar-refractivity contribution in [3.63, 3.8) is 0 Å². The first kappa shape index (κ1) is 20.1. The summed E-state index contributed by atoms with van der Waals surface area (Å²) < 4.78 is 16.0. The molecule has 1 amide bonds. The molecule has 0 aliphatic carbocycles. The zero-order valence-corrected chi connectivity index (χ0v) is 16.4. The summed E-state index contributed by atoms with van der Waals surface area (Å²) in [7, 11) is 2.95. The summed E-state index contributed by atoms with van der Waals surface area (Å²) in [6.45, 7) is 1.59. The average molecular weight is 395 g/mol. The Bertz CT molecular complexity index is 1120. The van der Waals surface area contributed by atoms with Crippen LogP contribution in [0.15, 0.2) is 51.7 Å². The second-order valence-electron chi connectivity index (χ2n) is 6.41. The molecule has 0 spiro atoms. The number of benzene rings is 2. The van der Waals surface area contributed by atoms with Gasteiger partial charge >= 0.3 is 5.63 Å². The van der Waals surface area contributed by atoms with Crippen molar-refractivity contribution >= 4 is 22.7 Å². The van der Waals surface area contributed by atoms with Gasteiger partial charge in [-0.2, -0.15) is 0 Å². The lowest BCUT2D eigenvalue weighted by Crippen LogP contribution is -2.32. The van der Waals surface area contributed by atoms with Crippen LogP contribution in [0.1, 0.15) is 21.5 Å².